The normalized spacial score (nSPS) is 11.2. The van der Waals surface area contributed by atoms with Crippen LogP contribution in [0.4, 0.5) is 0 Å². The van der Waals surface area contributed by atoms with Crippen molar-refractivity contribution in [3.8, 4) is 5.75 Å². The zero-order chi connectivity index (χ0) is 13.8. The zero-order valence-corrected chi connectivity index (χ0v) is 11.6. The summed E-state index contributed by atoms with van der Waals surface area (Å²) in [7, 11) is 1.36. The lowest BCUT2D eigenvalue weighted by atomic mass is 9.95. The predicted octanol–water partition coefficient (Wildman–Crippen LogP) is 2.38. The summed E-state index contributed by atoms with van der Waals surface area (Å²) in [6.07, 6.45) is 0. The number of nitrogens with two attached hydrogens (primary N) is 1. The van der Waals surface area contributed by atoms with Crippen LogP contribution in [0.15, 0.2) is 18.2 Å². The van der Waals surface area contributed by atoms with Crippen molar-refractivity contribution in [3.05, 3.63) is 28.8 Å². The molecule has 1 aromatic rings. The first-order valence-electron chi connectivity index (χ1n) is 5.60. The molecule has 1 aromatic carbocycles. The number of esters is 1. The average molecular weight is 272 g/mol. The van der Waals surface area contributed by atoms with Crippen molar-refractivity contribution in [2.75, 3.05) is 13.7 Å². The molecule has 0 aromatic heterocycles. The fourth-order valence-electron chi connectivity index (χ4n) is 1.44. The molecule has 0 saturated carbocycles. The average Bonchev–Trinajstić information content (AvgIpc) is 2.36. The van der Waals surface area contributed by atoms with Gasteiger partial charge in [0, 0.05) is 17.1 Å². The van der Waals surface area contributed by atoms with Gasteiger partial charge in [-0.25, -0.2) is 0 Å². The van der Waals surface area contributed by atoms with Crippen molar-refractivity contribution in [1.29, 1.82) is 0 Å². The molecule has 4 nitrogen and oxygen atoms in total. The van der Waals surface area contributed by atoms with Gasteiger partial charge >= 0.3 is 5.97 Å². The fourth-order valence-corrected chi connectivity index (χ4v) is 1.64. The van der Waals surface area contributed by atoms with Crippen molar-refractivity contribution in [2.24, 2.45) is 11.1 Å². The number of methoxy groups -OCH3 is 1. The van der Waals surface area contributed by atoms with E-state index in [1.54, 1.807) is 32.0 Å². The molecular weight excluding hydrogens is 254 g/mol. The Morgan fingerprint density at radius 1 is 1.44 bits per heavy atom. The molecule has 100 valence electrons. The SMILES string of the molecule is COC(=O)C(C)(C)COc1ccc(Cl)cc1CN. The molecule has 0 heterocycles. The lowest BCUT2D eigenvalue weighted by molar-refractivity contribution is -0.152. The first kappa shape index (κ1) is 14.8. The summed E-state index contributed by atoms with van der Waals surface area (Å²) in [4.78, 5) is 11.5. The van der Waals surface area contributed by atoms with Crippen molar-refractivity contribution in [3.63, 3.8) is 0 Å². The van der Waals surface area contributed by atoms with Crippen molar-refractivity contribution in [1.82, 2.24) is 0 Å². The summed E-state index contributed by atoms with van der Waals surface area (Å²) in [5, 5.41) is 0.607. The highest BCUT2D eigenvalue weighted by Crippen LogP contribution is 2.25. The summed E-state index contributed by atoms with van der Waals surface area (Å²) in [5.74, 6) is 0.324. The Morgan fingerprint density at radius 3 is 2.67 bits per heavy atom. The number of hydrogen-bond donors (Lipinski definition) is 1. The van der Waals surface area contributed by atoms with Gasteiger partial charge in [-0.2, -0.15) is 0 Å². The lowest BCUT2D eigenvalue weighted by Gasteiger charge is -2.22. The molecular formula is C13H18ClNO3. The van der Waals surface area contributed by atoms with Gasteiger partial charge in [0.15, 0.2) is 0 Å². The van der Waals surface area contributed by atoms with E-state index in [1.165, 1.54) is 7.11 Å². The summed E-state index contributed by atoms with van der Waals surface area (Å²) in [6.45, 7) is 4.07. The number of carbonyl (C=O) groups is 1. The maximum absolute atomic E-state index is 11.5. The summed E-state index contributed by atoms with van der Waals surface area (Å²) in [5.41, 5.74) is 5.71. The molecule has 0 atom stereocenters. The molecule has 0 unspecified atom stereocenters. The molecule has 2 N–H and O–H groups in total. The number of benzene rings is 1. The largest absolute Gasteiger partial charge is 0.492 e. The van der Waals surface area contributed by atoms with Crippen LogP contribution >= 0.6 is 11.6 Å². The number of carbonyl (C=O) groups excluding carboxylic acids is 1. The highest BCUT2D eigenvalue weighted by atomic mass is 35.5. The predicted molar refractivity (Wildman–Crippen MR) is 70.6 cm³/mol. The number of hydrogen-bond acceptors (Lipinski definition) is 4. The van der Waals surface area contributed by atoms with Crippen LogP contribution in [0.3, 0.4) is 0 Å². The third kappa shape index (κ3) is 3.62. The van der Waals surface area contributed by atoms with Gasteiger partial charge in [0.25, 0.3) is 0 Å². The Labute approximate surface area is 112 Å². The van der Waals surface area contributed by atoms with Crippen molar-refractivity contribution >= 4 is 17.6 Å². The lowest BCUT2D eigenvalue weighted by Crippen LogP contribution is -2.32. The molecule has 18 heavy (non-hydrogen) atoms. The summed E-state index contributed by atoms with van der Waals surface area (Å²) < 4.78 is 10.3. The van der Waals surface area contributed by atoms with E-state index in [-0.39, 0.29) is 12.6 Å². The van der Waals surface area contributed by atoms with E-state index in [9.17, 15) is 4.79 Å². The van der Waals surface area contributed by atoms with Gasteiger partial charge in [-0.1, -0.05) is 11.6 Å². The molecule has 0 spiro atoms. The minimum Gasteiger partial charge on any atom is -0.492 e. The van der Waals surface area contributed by atoms with Crippen LogP contribution in [0.5, 0.6) is 5.75 Å². The van der Waals surface area contributed by atoms with Crippen molar-refractivity contribution in [2.45, 2.75) is 20.4 Å². The Kier molecular flexibility index (Phi) is 4.99. The molecule has 1 rings (SSSR count). The van der Waals surface area contributed by atoms with Gasteiger partial charge in [0.05, 0.1) is 12.5 Å². The maximum Gasteiger partial charge on any atom is 0.314 e. The summed E-state index contributed by atoms with van der Waals surface area (Å²) in [6, 6.07) is 5.22. The monoisotopic (exact) mass is 271 g/mol. The molecule has 0 aliphatic carbocycles. The van der Waals surface area contributed by atoms with Gasteiger partial charge in [-0.15, -0.1) is 0 Å². The van der Waals surface area contributed by atoms with Gasteiger partial charge in [0.2, 0.25) is 0 Å². The van der Waals surface area contributed by atoms with E-state index in [4.69, 9.17) is 26.8 Å². The molecule has 0 amide bonds. The quantitative estimate of drug-likeness (QED) is 0.835. The fraction of sp³-hybridized carbons (Fsp3) is 0.462. The molecule has 0 bridgehead atoms. The van der Waals surface area contributed by atoms with E-state index in [1.807, 2.05) is 0 Å². The molecule has 0 aliphatic rings. The number of halogens is 1. The van der Waals surface area contributed by atoms with E-state index in [0.717, 1.165) is 5.56 Å². The standard InChI is InChI=1S/C13H18ClNO3/c1-13(2,12(16)17-3)8-18-11-5-4-10(14)6-9(11)7-15/h4-6H,7-8,15H2,1-3H3. The Balaban J connectivity index is 2.77. The molecule has 0 radical (unpaired) electrons. The highest BCUT2D eigenvalue weighted by Gasteiger charge is 2.29. The second kappa shape index (κ2) is 6.07. The van der Waals surface area contributed by atoms with Gasteiger partial charge in [0.1, 0.15) is 12.4 Å². The van der Waals surface area contributed by atoms with Crippen LogP contribution in [0.1, 0.15) is 19.4 Å². The number of rotatable bonds is 5. The molecule has 5 heteroatoms. The van der Waals surface area contributed by atoms with Crippen LogP contribution in [-0.2, 0) is 16.1 Å². The Bertz CT molecular complexity index is 432. The first-order chi connectivity index (χ1) is 8.40. The van der Waals surface area contributed by atoms with E-state index in [2.05, 4.69) is 0 Å². The second-order valence-electron chi connectivity index (χ2n) is 4.62. The van der Waals surface area contributed by atoms with E-state index < -0.39 is 5.41 Å². The Hall–Kier alpha value is -1.26. The summed E-state index contributed by atoms with van der Waals surface area (Å²) >= 11 is 5.87. The Morgan fingerprint density at radius 2 is 2.11 bits per heavy atom. The minimum atomic E-state index is -0.708. The van der Waals surface area contributed by atoms with Gasteiger partial charge in [-0.3, -0.25) is 4.79 Å². The van der Waals surface area contributed by atoms with E-state index in [0.29, 0.717) is 17.3 Å². The van der Waals surface area contributed by atoms with Crippen LogP contribution in [-0.4, -0.2) is 19.7 Å². The van der Waals surface area contributed by atoms with Crippen LogP contribution in [0.25, 0.3) is 0 Å². The highest BCUT2D eigenvalue weighted by molar-refractivity contribution is 6.30. The maximum atomic E-state index is 11.5. The van der Waals surface area contributed by atoms with Gasteiger partial charge in [-0.05, 0) is 32.0 Å². The van der Waals surface area contributed by atoms with Crippen molar-refractivity contribution < 1.29 is 14.3 Å². The van der Waals surface area contributed by atoms with Crippen LogP contribution in [0, 0.1) is 5.41 Å². The molecule has 0 aliphatic heterocycles. The third-order valence-electron chi connectivity index (χ3n) is 2.57. The first-order valence-corrected chi connectivity index (χ1v) is 5.98. The molecule has 0 saturated heterocycles. The van der Waals surface area contributed by atoms with E-state index >= 15 is 0 Å². The van der Waals surface area contributed by atoms with Crippen LogP contribution < -0.4 is 10.5 Å². The zero-order valence-electron chi connectivity index (χ0n) is 10.8. The number of ether oxygens (including phenoxy) is 2. The topological polar surface area (TPSA) is 61.5 Å². The minimum absolute atomic E-state index is 0.217. The van der Waals surface area contributed by atoms with Crippen LogP contribution in [0.2, 0.25) is 5.02 Å². The molecule has 0 fully saturated rings. The van der Waals surface area contributed by atoms with Gasteiger partial charge < -0.3 is 15.2 Å². The second-order valence-corrected chi connectivity index (χ2v) is 5.06. The third-order valence-corrected chi connectivity index (χ3v) is 2.80. The smallest absolute Gasteiger partial charge is 0.314 e.